The maximum Gasteiger partial charge on any atom is 0.494 e. The first-order chi connectivity index (χ1) is 66.3. The number of rotatable bonds is 16. The van der Waals surface area contributed by atoms with Gasteiger partial charge in [0.05, 0.1) is 60.5 Å². The normalized spacial score (nSPS) is 15.3. The number of nitrogens with zero attached hydrogens (tertiary/aromatic N) is 8. The lowest BCUT2D eigenvalue weighted by Gasteiger charge is -2.32. The first-order valence-corrected chi connectivity index (χ1v) is 44.2. The number of aromatic nitrogens is 8. The van der Waals surface area contributed by atoms with E-state index in [1.165, 1.54) is 96.0 Å². The SMILES string of the molecule is CC(=O)Nc1nc2cc(B(O)O)ccc2o1.CC(=O)Nc1nc2ccc(B(O)O)cc2o1.CC(=O)Nc1noc2cc(B(O)O)ccc12.CC(=O)Nc1noc2cc(B3OC(C)(C)C(C)(C)O3)ccc12.CC(=O)Nc1noc2ccc(B(O)O)cc12.CC1(C)OB(c2ccc3onc(NC4CC4)c3c2)OC1(C)C.CNc1noc2ccc(B3OC(C)(C)C(C)(C)O3)cc12.Cc1nc2cc(B(O)O)ccc2o1. The average molecular weight is 1930 g/mol. The Hall–Kier alpha value is -13.7. The summed E-state index contributed by atoms with van der Waals surface area (Å²) in [5.41, 5.74) is 8.42. The maximum atomic E-state index is 11.1. The van der Waals surface area contributed by atoms with Gasteiger partial charge in [-0.25, -0.2) is 4.98 Å². The highest BCUT2D eigenvalue weighted by atomic mass is 16.7. The molecule has 732 valence electrons. The Balaban J connectivity index is 0.000000136. The third kappa shape index (κ3) is 25.4. The number of amides is 5. The molecule has 1 aliphatic carbocycles. The van der Waals surface area contributed by atoms with Gasteiger partial charge in [-0.2, -0.15) is 9.97 Å². The maximum absolute atomic E-state index is 11.1. The summed E-state index contributed by atoms with van der Waals surface area (Å²) in [5.74, 6) is 1.84. The molecule has 52 heteroatoms. The molecular weight excluding hydrogens is 1830 g/mol. The van der Waals surface area contributed by atoms with Crippen LogP contribution in [0.4, 0.5) is 41.1 Å². The summed E-state index contributed by atoms with van der Waals surface area (Å²) in [4.78, 5) is 66.5. The number of anilines is 7. The molecule has 20 rings (SSSR count). The zero-order valence-electron chi connectivity index (χ0n) is 80.3. The molecule has 8 aromatic carbocycles. The van der Waals surface area contributed by atoms with Gasteiger partial charge in [-0.05, 0) is 237 Å². The van der Waals surface area contributed by atoms with Gasteiger partial charge in [-0.1, -0.05) is 74.3 Å². The topological polar surface area (TPSA) is 635 Å². The molecule has 5 amide bonds. The number of aryl methyl sites for hydroxylation is 1. The van der Waals surface area contributed by atoms with Gasteiger partial charge in [0.2, 0.25) is 29.5 Å². The minimum Gasteiger partial charge on any atom is -0.441 e. The van der Waals surface area contributed by atoms with Crippen molar-refractivity contribution in [1.29, 1.82) is 0 Å². The quantitative estimate of drug-likeness (QED) is 0.0586. The smallest absolute Gasteiger partial charge is 0.441 e. The lowest BCUT2D eigenvalue weighted by molar-refractivity contribution is -0.115. The van der Waals surface area contributed by atoms with Gasteiger partial charge in [0.15, 0.2) is 79.6 Å². The third-order valence-electron chi connectivity index (χ3n) is 23.5. The van der Waals surface area contributed by atoms with Crippen molar-refractivity contribution in [2.45, 2.75) is 177 Å². The summed E-state index contributed by atoms with van der Waals surface area (Å²) in [6.07, 6.45) is 2.40. The zero-order valence-corrected chi connectivity index (χ0v) is 80.3. The van der Waals surface area contributed by atoms with Crippen molar-refractivity contribution in [3.8, 4) is 0 Å². The number of carbonyl (C=O) groups is 5. The molecule has 4 fully saturated rings. The van der Waals surface area contributed by atoms with Crippen LogP contribution in [-0.4, -0.2) is 224 Å². The third-order valence-corrected chi connectivity index (χ3v) is 23.5. The van der Waals surface area contributed by atoms with E-state index in [0.717, 1.165) is 55.3 Å². The van der Waals surface area contributed by atoms with Crippen molar-refractivity contribution < 1.29 is 138 Å². The van der Waals surface area contributed by atoms with Crippen LogP contribution in [0.15, 0.2) is 181 Å². The molecule has 11 heterocycles. The number of nitrogens with one attached hydrogen (secondary N) is 7. The first kappa shape index (κ1) is 105. The van der Waals surface area contributed by atoms with E-state index in [1.54, 1.807) is 49.4 Å². The number of carbonyl (C=O) groups excluding carboxylic acids is 5. The Morgan fingerprint density at radius 1 is 0.312 bits per heavy atom. The van der Waals surface area contributed by atoms with E-state index in [4.69, 9.17) is 114 Å². The Labute approximate surface area is 807 Å². The summed E-state index contributed by atoms with van der Waals surface area (Å²) >= 11 is 0. The van der Waals surface area contributed by atoms with E-state index >= 15 is 0 Å². The molecule has 8 aromatic heterocycles. The molecular formula is C89H103B8N15O29. The van der Waals surface area contributed by atoms with Crippen LogP contribution in [0.5, 0.6) is 0 Å². The van der Waals surface area contributed by atoms with Crippen molar-refractivity contribution in [3.63, 3.8) is 0 Å². The number of benzene rings is 8. The van der Waals surface area contributed by atoms with Gasteiger partial charge in [-0.15, -0.1) is 0 Å². The predicted molar refractivity (Wildman–Crippen MR) is 531 cm³/mol. The van der Waals surface area contributed by atoms with Crippen LogP contribution in [0.3, 0.4) is 0 Å². The molecule has 0 unspecified atom stereocenters. The Bertz CT molecular complexity index is 7030. The van der Waals surface area contributed by atoms with Crippen molar-refractivity contribution in [2.24, 2.45) is 0 Å². The van der Waals surface area contributed by atoms with Crippen LogP contribution in [0, 0.1) is 6.92 Å². The number of hydrogen-bond acceptors (Lipinski definition) is 39. The molecule has 3 aliphatic heterocycles. The van der Waals surface area contributed by atoms with Gasteiger partial charge in [-0.3, -0.25) is 34.6 Å². The van der Waals surface area contributed by atoms with E-state index in [0.29, 0.717) is 112 Å². The van der Waals surface area contributed by atoms with E-state index in [-0.39, 0.29) is 84.0 Å². The van der Waals surface area contributed by atoms with Crippen molar-refractivity contribution in [1.82, 2.24) is 40.7 Å². The zero-order chi connectivity index (χ0) is 102. The second-order valence-electron chi connectivity index (χ2n) is 36.1. The summed E-state index contributed by atoms with van der Waals surface area (Å²) < 4.78 is 77.8. The molecule has 17 N–H and O–H groups in total. The van der Waals surface area contributed by atoms with E-state index in [1.807, 2.05) is 111 Å². The molecule has 3 saturated heterocycles. The Kier molecular flexibility index (Phi) is 31.8. The van der Waals surface area contributed by atoms with E-state index in [9.17, 15) is 24.0 Å². The fourth-order valence-corrected chi connectivity index (χ4v) is 13.8. The number of fused-ring (bicyclic) bond motifs is 8. The number of hydrogen-bond donors (Lipinski definition) is 17. The van der Waals surface area contributed by atoms with Crippen LogP contribution >= 0.6 is 0 Å². The molecule has 16 aromatic rings. The highest BCUT2D eigenvalue weighted by Gasteiger charge is 2.54. The standard InChI is InChI=1S/C16H21BN2O3.C15H19BN2O4.C14H19BN2O3.4C9H9BN2O4.C8H8BNO3/c1-15(2)16(3,4)22-17(21-15)10-5-8-13-12(9-10)14(19-20-13)18-11-6-7-11;1-9(19)17-13-11-7-6-10(8-12(11)20-18-13)16-21-14(2,3)15(4,5)22-16;1-13(2)14(3,4)20-15(19-13)9-6-7-11-10(8-9)12(16-5)17-18-11;1-5(13)11-9-12-7-4-6(10(14)15)2-3-8(7)16-9;1-5(13)11-9-7-4-6(10(14)15)2-3-8(7)16-12-9;1-5(13)11-9-12-7-3-2-6(10(14)15)4-8(7)16-9;1-5(13)11-9-7-3-2-6(10(14)15)4-8(7)16-12-9;1-5-10-7-4-6(9(11)12)2-3-8(7)13-5/h5,8-9,11H,6-7H2,1-4H3,(H,18,19);6-8H,1-5H3,(H,17,18,19);6-8H,1-5H3,(H,16,17);4*2-4,14-15H,1H3,(H,11,12,13);2-4,11-12H,1H3. The Morgan fingerprint density at radius 3 is 1.03 bits per heavy atom. The first-order valence-electron chi connectivity index (χ1n) is 44.2. The van der Waals surface area contributed by atoms with Crippen LogP contribution in [0.25, 0.3) is 88.1 Å². The highest BCUT2D eigenvalue weighted by molar-refractivity contribution is 6.64. The Morgan fingerprint density at radius 2 is 0.610 bits per heavy atom. The van der Waals surface area contributed by atoms with Gasteiger partial charge in [0.25, 0.3) is 0 Å². The molecule has 4 aliphatic rings. The van der Waals surface area contributed by atoms with Crippen molar-refractivity contribution in [3.05, 3.63) is 151 Å². The van der Waals surface area contributed by atoms with Crippen molar-refractivity contribution >= 4 is 259 Å². The molecule has 0 atom stereocenters. The molecule has 0 spiro atoms. The summed E-state index contributed by atoms with van der Waals surface area (Å²) in [7, 11) is -7.06. The van der Waals surface area contributed by atoms with Crippen LogP contribution in [0.2, 0.25) is 0 Å². The monoisotopic (exact) mass is 1930 g/mol. The van der Waals surface area contributed by atoms with Crippen LogP contribution < -0.4 is 80.9 Å². The predicted octanol–water partition coefficient (Wildman–Crippen LogP) is 4.64. The lowest BCUT2D eigenvalue weighted by atomic mass is 9.78. The molecule has 1 saturated carbocycles. The molecule has 141 heavy (non-hydrogen) atoms. The van der Waals surface area contributed by atoms with Gasteiger partial charge in [0.1, 0.15) is 16.6 Å². The molecule has 0 radical (unpaired) electrons. The number of oxazole rings is 3. The molecule has 44 nitrogen and oxygen atoms in total. The largest absolute Gasteiger partial charge is 0.494 e. The van der Waals surface area contributed by atoms with Crippen molar-refractivity contribution in [2.75, 3.05) is 44.3 Å². The minimum atomic E-state index is -1.57. The fourth-order valence-electron chi connectivity index (χ4n) is 13.8. The summed E-state index contributed by atoms with van der Waals surface area (Å²) in [6, 6.07) is 41.2. The van der Waals surface area contributed by atoms with E-state index in [2.05, 4.69) is 112 Å². The fraction of sp³-hybridized carbons (Fsp3) is 0.315. The van der Waals surface area contributed by atoms with Crippen LogP contribution in [-0.2, 0) is 51.9 Å². The lowest BCUT2D eigenvalue weighted by Crippen LogP contribution is -2.41. The van der Waals surface area contributed by atoms with E-state index < -0.39 is 53.9 Å². The second-order valence-corrected chi connectivity index (χ2v) is 36.1. The average Bonchev–Trinajstić information content (AvgIpc) is 1.62. The molecule has 0 bridgehead atoms. The van der Waals surface area contributed by atoms with Crippen LogP contribution in [0.1, 0.15) is 136 Å². The van der Waals surface area contributed by atoms with Gasteiger partial charge < -0.3 is 141 Å². The van der Waals surface area contributed by atoms with Gasteiger partial charge in [0, 0.05) is 54.6 Å². The summed E-state index contributed by atoms with van der Waals surface area (Å²) in [5, 5.41) is 132. The minimum absolute atomic E-state index is 0.0899. The summed E-state index contributed by atoms with van der Waals surface area (Å²) in [6.45, 7) is 33.0. The van der Waals surface area contributed by atoms with Gasteiger partial charge >= 0.3 is 69.0 Å². The highest BCUT2D eigenvalue weighted by Crippen LogP contribution is 2.41. The second kappa shape index (κ2) is 42.8.